The van der Waals surface area contributed by atoms with E-state index in [0.717, 1.165) is 0 Å². The standard InChI is InChI=1S/C12H15ClF3NO3/c1-17-5-8-3-9(13)4-10(18-2)11(8)20-7-19-6-12(14,15)16/h3-4,17H,5-7H2,1-2H3. The average molecular weight is 314 g/mol. The number of methoxy groups -OCH3 is 1. The molecule has 0 atom stereocenters. The summed E-state index contributed by atoms with van der Waals surface area (Å²) < 4.78 is 50.6. The maximum atomic E-state index is 11.9. The molecule has 1 rings (SSSR count). The Balaban J connectivity index is 2.76. The first-order chi connectivity index (χ1) is 9.37. The zero-order chi connectivity index (χ0) is 15.2. The number of hydrogen-bond donors (Lipinski definition) is 1. The molecule has 114 valence electrons. The van der Waals surface area contributed by atoms with Crippen LogP contribution in [0.5, 0.6) is 11.5 Å². The molecular formula is C12H15ClF3NO3. The Labute approximate surface area is 119 Å². The Morgan fingerprint density at radius 2 is 2.00 bits per heavy atom. The van der Waals surface area contributed by atoms with Gasteiger partial charge in [-0.1, -0.05) is 11.6 Å². The smallest absolute Gasteiger partial charge is 0.411 e. The van der Waals surface area contributed by atoms with Crippen LogP contribution in [0.2, 0.25) is 5.02 Å². The fraction of sp³-hybridized carbons (Fsp3) is 0.500. The average Bonchev–Trinajstić information content (AvgIpc) is 2.35. The first kappa shape index (κ1) is 16.9. The molecule has 0 unspecified atom stereocenters. The second-order valence-electron chi connectivity index (χ2n) is 3.85. The summed E-state index contributed by atoms with van der Waals surface area (Å²) in [5.41, 5.74) is 0.660. The number of hydrogen-bond acceptors (Lipinski definition) is 4. The molecule has 0 saturated heterocycles. The second kappa shape index (κ2) is 7.56. The van der Waals surface area contributed by atoms with Gasteiger partial charge in [-0.25, -0.2) is 0 Å². The van der Waals surface area contributed by atoms with Gasteiger partial charge in [0, 0.05) is 23.2 Å². The SMILES string of the molecule is CNCc1cc(Cl)cc(OC)c1OCOCC(F)(F)F. The van der Waals surface area contributed by atoms with Crippen LogP contribution in [0, 0.1) is 0 Å². The lowest BCUT2D eigenvalue weighted by Crippen LogP contribution is -2.19. The zero-order valence-corrected chi connectivity index (χ0v) is 11.8. The van der Waals surface area contributed by atoms with Crippen LogP contribution in [0.15, 0.2) is 12.1 Å². The topological polar surface area (TPSA) is 39.7 Å². The lowest BCUT2D eigenvalue weighted by Gasteiger charge is -2.16. The largest absolute Gasteiger partial charge is 0.493 e. The number of rotatable bonds is 7. The minimum absolute atomic E-state index is 0.299. The van der Waals surface area contributed by atoms with Crippen molar-refractivity contribution < 1.29 is 27.4 Å². The summed E-state index contributed by atoms with van der Waals surface area (Å²) in [6.07, 6.45) is -4.39. The van der Waals surface area contributed by atoms with E-state index in [4.69, 9.17) is 21.1 Å². The molecule has 0 heterocycles. The molecule has 0 saturated carbocycles. The lowest BCUT2D eigenvalue weighted by molar-refractivity contribution is -0.186. The van der Waals surface area contributed by atoms with Crippen molar-refractivity contribution in [2.75, 3.05) is 27.6 Å². The van der Waals surface area contributed by atoms with Crippen LogP contribution in [0.4, 0.5) is 13.2 Å². The van der Waals surface area contributed by atoms with Crippen molar-refractivity contribution >= 4 is 11.6 Å². The van der Waals surface area contributed by atoms with Crippen LogP contribution >= 0.6 is 11.6 Å². The first-order valence-electron chi connectivity index (χ1n) is 5.65. The third-order valence-corrected chi connectivity index (χ3v) is 2.45. The summed E-state index contributed by atoms with van der Waals surface area (Å²) >= 11 is 5.91. The summed E-state index contributed by atoms with van der Waals surface area (Å²) in [5, 5.41) is 3.34. The predicted molar refractivity (Wildman–Crippen MR) is 68.3 cm³/mol. The molecule has 1 N–H and O–H groups in total. The van der Waals surface area contributed by atoms with Gasteiger partial charge in [0.05, 0.1) is 7.11 Å². The van der Waals surface area contributed by atoms with Crippen LogP contribution < -0.4 is 14.8 Å². The Morgan fingerprint density at radius 3 is 2.55 bits per heavy atom. The minimum Gasteiger partial charge on any atom is -0.493 e. The number of benzene rings is 1. The lowest BCUT2D eigenvalue weighted by atomic mass is 10.2. The highest BCUT2D eigenvalue weighted by molar-refractivity contribution is 6.30. The van der Waals surface area contributed by atoms with E-state index in [-0.39, 0.29) is 0 Å². The van der Waals surface area contributed by atoms with Gasteiger partial charge >= 0.3 is 6.18 Å². The Morgan fingerprint density at radius 1 is 1.30 bits per heavy atom. The summed E-state index contributed by atoms with van der Waals surface area (Å²) in [7, 11) is 3.13. The fourth-order valence-corrected chi connectivity index (χ4v) is 1.75. The minimum atomic E-state index is -4.39. The van der Waals surface area contributed by atoms with Gasteiger partial charge in [-0.3, -0.25) is 0 Å². The van der Waals surface area contributed by atoms with Crippen LogP contribution in [-0.4, -0.2) is 33.7 Å². The van der Waals surface area contributed by atoms with Crippen molar-refractivity contribution in [3.63, 3.8) is 0 Å². The highest BCUT2D eigenvalue weighted by Gasteiger charge is 2.27. The maximum absolute atomic E-state index is 11.9. The molecule has 20 heavy (non-hydrogen) atoms. The summed E-state index contributed by atoms with van der Waals surface area (Å²) in [6.45, 7) is -1.48. The third kappa shape index (κ3) is 5.44. The van der Waals surface area contributed by atoms with Crippen LogP contribution in [0.1, 0.15) is 5.56 Å². The summed E-state index contributed by atoms with van der Waals surface area (Å²) in [6, 6.07) is 3.15. The van der Waals surface area contributed by atoms with Gasteiger partial charge in [-0.15, -0.1) is 0 Å². The normalized spacial score (nSPS) is 11.5. The molecule has 0 spiro atoms. The first-order valence-corrected chi connectivity index (χ1v) is 6.03. The predicted octanol–water partition coefficient (Wildman–Crippen LogP) is 2.98. The Bertz CT molecular complexity index is 441. The third-order valence-electron chi connectivity index (χ3n) is 2.24. The molecule has 8 heteroatoms. The van der Waals surface area contributed by atoms with Crippen LogP contribution in [0.3, 0.4) is 0 Å². The van der Waals surface area contributed by atoms with Gasteiger partial charge in [0.1, 0.15) is 6.61 Å². The molecule has 0 aliphatic heterocycles. The summed E-state index contributed by atoms with van der Waals surface area (Å²) in [4.78, 5) is 0. The van der Waals surface area contributed by atoms with Crippen molar-refractivity contribution in [2.24, 2.45) is 0 Å². The van der Waals surface area contributed by atoms with Gasteiger partial charge in [0.25, 0.3) is 0 Å². The molecule has 0 bridgehead atoms. The number of ether oxygens (including phenoxy) is 3. The molecule has 1 aromatic rings. The quantitative estimate of drug-likeness (QED) is 0.620. The molecule has 1 aromatic carbocycles. The van der Waals surface area contributed by atoms with E-state index in [9.17, 15) is 13.2 Å². The number of nitrogens with one attached hydrogen (secondary N) is 1. The highest BCUT2D eigenvalue weighted by Crippen LogP contribution is 2.34. The van der Waals surface area contributed by atoms with E-state index in [0.29, 0.717) is 28.6 Å². The molecule has 0 amide bonds. The molecule has 0 fully saturated rings. The zero-order valence-electron chi connectivity index (χ0n) is 11.0. The Hall–Kier alpha value is -1.18. The fourth-order valence-electron chi connectivity index (χ4n) is 1.52. The van der Waals surface area contributed by atoms with E-state index < -0.39 is 19.6 Å². The molecule has 0 aliphatic rings. The number of alkyl halides is 3. The molecule has 0 aromatic heterocycles. The van der Waals surface area contributed by atoms with Crippen molar-refractivity contribution in [1.29, 1.82) is 0 Å². The number of halogens is 4. The van der Waals surface area contributed by atoms with Crippen LogP contribution in [-0.2, 0) is 11.3 Å². The van der Waals surface area contributed by atoms with Gasteiger partial charge in [0.15, 0.2) is 18.3 Å². The van der Waals surface area contributed by atoms with Crippen molar-refractivity contribution in [3.05, 3.63) is 22.7 Å². The van der Waals surface area contributed by atoms with E-state index in [1.165, 1.54) is 13.2 Å². The maximum Gasteiger partial charge on any atom is 0.411 e. The van der Waals surface area contributed by atoms with E-state index in [1.54, 1.807) is 13.1 Å². The van der Waals surface area contributed by atoms with Gasteiger partial charge in [-0.05, 0) is 13.1 Å². The Kier molecular flexibility index (Phi) is 6.38. The van der Waals surface area contributed by atoms with Crippen molar-refractivity contribution in [3.8, 4) is 11.5 Å². The van der Waals surface area contributed by atoms with Crippen molar-refractivity contribution in [1.82, 2.24) is 5.32 Å². The monoisotopic (exact) mass is 313 g/mol. The molecule has 4 nitrogen and oxygen atoms in total. The van der Waals surface area contributed by atoms with E-state index in [1.807, 2.05) is 0 Å². The highest BCUT2D eigenvalue weighted by atomic mass is 35.5. The van der Waals surface area contributed by atoms with Gasteiger partial charge < -0.3 is 19.5 Å². The molecular weight excluding hydrogens is 299 g/mol. The second-order valence-corrected chi connectivity index (χ2v) is 4.29. The van der Waals surface area contributed by atoms with Gasteiger partial charge in [0.2, 0.25) is 0 Å². The molecule has 0 radical (unpaired) electrons. The van der Waals surface area contributed by atoms with Gasteiger partial charge in [-0.2, -0.15) is 13.2 Å². The van der Waals surface area contributed by atoms with Crippen LogP contribution in [0.25, 0.3) is 0 Å². The van der Waals surface area contributed by atoms with Crippen molar-refractivity contribution in [2.45, 2.75) is 12.7 Å². The molecule has 0 aliphatic carbocycles. The van der Waals surface area contributed by atoms with E-state index >= 15 is 0 Å². The van der Waals surface area contributed by atoms with E-state index in [2.05, 4.69) is 10.1 Å². The summed E-state index contributed by atoms with van der Waals surface area (Å²) in [5.74, 6) is 0.631.